The molecule has 0 saturated carbocycles. The first-order chi connectivity index (χ1) is 18.5. The molecule has 1 atom stereocenters. The first-order valence-electron chi connectivity index (χ1n) is 12.3. The van der Waals surface area contributed by atoms with Crippen LogP contribution < -0.4 is 9.62 Å². The molecule has 0 aliphatic heterocycles. The predicted octanol–water partition coefficient (Wildman–Crippen LogP) is 3.87. The van der Waals surface area contributed by atoms with Crippen molar-refractivity contribution in [2.24, 2.45) is 0 Å². The van der Waals surface area contributed by atoms with Gasteiger partial charge in [-0.1, -0.05) is 60.1 Å². The molecule has 0 aromatic heterocycles. The number of hydrogen-bond acceptors (Lipinski definition) is 4. The lowest BCUT2D eigenvalue weighted by Gasteiger charge is -2.34. The Morgan fingerprint density at radius 2 is 1.56 bits per heavy atom. The summed E-state index contributed by atoms with van der Waals surface area (Å²) in [6.07, 6.45) is 0.194. The van der Waals surface area contributed by atoms with Crippen LogP contribution in [0.15, 0.2) is 78.9 Å². The summed E-state index contributed by atoms with van der Waals surface area (Å²) in [5.74, 6) is -1.56. The maximum atomic E-state index is 14.0. The average Bonchev–Trinajstić information content (AvgIpc) is 2.91. The molecule has 3 aromatic rings. The van der Waals surface area contributed by atoms with Crippen LogP contribution in [0.4, 0.5) is 10.1 Å². The molecule has 0 bridgehead atoms. The molecule has 0 radical (unpaired) electrons. The van der Waals surface area contributed by atoms with Crippen molar-refractivity contribution >= 4 is 39.3 Å². The summed E-state index contributed by atoms with van der Waals surface area (Å²) in [7, 11) is -1.48. The number of carbonyl (C=O) groups excluding carboxylic acids is 2. The van der Waals surface area contributed by atoms with Crippen molar-refractivity contribution < 1.29 is 22.4 Å². The van der Waals surface area contributed by atoms with Gasteiger partial charge in [0.2, 0.25) is 11.8 Å². The number of hydrogen-bond donors (Lipinski definition) is 1. The number of likely N-dealkylation sites (N-methyl/N-ethyl adjacent to an activating group) is 1. The second kappa shape index (κ2) is 13.5. The largest absolute Gasteiger partial charge is 0.355 e. The van der Waals surface area contributed by atoms with Crippen molar-refractivity contribution in [3.05, 3.63) is 101 Å². The van der Waals surface area contributed by atoms with E-state index >= 15 is 0 Å². The quantitative estimate of drug-likeness (QED) is 0.356. The van der Waals surface area contributed by atoms with Gasteiger partial charge in [0.25, 0.3) is 0 Å². The lowest BCUT2D eigenvalue weighted by atomic mass is 10.0. The summed E-state index contributed by atoms with van der Waals surface area (Å²) in [6, 6.07) is 20.0. The normalized spacial score (nSPS) is 12.2. The highest BCUT2D eigenvalue weighted by molar-refractivity contribution is 7.90. The zero-order chi connectivity index (χ0) is 28.6. The van der Waals surface area contributed by atoms with Crippen LogP contribution in [0, 0.1) is 5.82 Å². The molecule has 3 aromatic carbocycles. The fourth-order valence-corrected chi connectivity index (χ4v) is 5.23. The van der Waals surface area contributed by atoms with Crippen molar-refractivity contribution in [1.82, 2.24) is 14.5 Å². The molecule has 208 valence electrons. The minimum Gasteiger partial charge on any atom is -0.355 e. The molecule has 1 N–H and O–H groups in total. The van der Waals surface area contributed by atoms with Crippen molar-refractivity contribution in [2.45, 2.75) is 25.9 Å². The third kappa shape index (κ3) is 7.78. The number of rotatable bonds is 12. The van der Waals surface area contributed by atoms with Crippen LogP contribution in [0.1, 0.15) is 18.1 Å². The van der Waals surface area contributed by atoms with Crippen molar-refractivity contribution in [3.8, 4) is 0 Å². The van der Waals surface area contributed by atoms with E-state index in [1.165, 1.54) is 31.1 Å². The molecular weight excluding hydrogens is 543 g/mol. The van der Waals surface area contributed by atoms with Crippen molar-refractivity contribution in [2.75, 3.05) is 31.5 Å². The van der Waals surface area contributed by atoms with Crippen LogP contribution in [0.2, 0.25) is 5.02 Å². The van der Waals surface area contributed by atoms with Gasteiger partial charge >= 0.3 is 10.2 Å². The Hall–Kier alpha value is -3.47. The Morgan fingerprint density at radius 3 is 2.15 bits per heavy atom. The van der Waals surface area contributed by atoms with E-state index in [0.29, 0.717) is 17.1 Å². The Labute approximate surface area is 234 Å². The van der Waals surface area contributed by atoms with Gasteiger partial charge in [-0.25, -0.2) is 8.70 Å². The summed E-state index contributed by atoms with van der Waals surface area (Å²) >= 11 is 6.42. The van der Waals surface area contributed by atoms with Crippen LogP contribution in [0.25, 0.3) is 0 Å². The molecule has 0 fully saturated rings. The summed E-state index contributed by atoms with van der Waals surface area (Å²) in [5, 5.41) is 3.20. The summed E-state index contributed by atoms with van der Waals surface area (Å²) < 4.78 is 42.0. The van der Waals surface area contributed by atoms with Gasteiger partial charge in [-0.15, -0.1) is 0 Å². The van der Waals surface area contributed by atoms with Gasteiger partial charge in [-0.2, -0.15) is 12.7 Å². The third-order valence-corrected chi connectivity index (χ3v) is 8.24. The fourth-order valence-electron chi connectivity index (χ4n) is 3.98. The monoisotopic (exact) mass is 574 g/mol. The first-order valence-corrected chi connectivity index (χ1v) is 14.1. The SMILES string of the molecule is CCNC(=O)[C@H](Cc1ccccc1)N(Cc1ccccc1Cl)C(=O)CN(c1ccc(F)cc1)S(=O)(=O)N(C)C. The molecule has 39 heavy (non-hydrogen) atoms. The van der Waals surface area contributed by atoms with Crippen LogP contribution >= 0.6 is 11.6 Å². The van der Waals surface area contributed by atoms with E-state index in [1.807, 2.05) is 30.3 Å². The number of nitrogens with zero attached hydrogens (tertiary/aromatic N) is 3. The minimum atomic E-state index is -4.16. The Balaban J connectivity index is 2.08. The molecule has 2 amide bonds. The van der Waals surface area contributed by atoms with Gasteiger partial charge < -0.3 is 10.2 Å². The van der Waals surface area contributed by atoms with Gasteiger partial charge in [0.15, 0.2) is 0 Å². The van der Waals surface area contributed by atoms with E-state index in [4.69, 9.17) is 11.6 Å². The molecule has 0 spiro atoms. The molecular formula is C28H32ClFN4O4S. The third-order valence-electron chi connectivity index (χ3n) is 6.05. The molecule has 8 nitrogen and oxygen atoms in total. The Kier molecular flexibility index (Phi) is 10.4. The van der Waals surface area contributed by atoms with E-state index in [1.54, 1.807) is 31.2 Å². The fraction of sp³-hybridized carbons (Fsp3) is 0.286. The zero-order valence-corrected chi connectivity index (χ0v) is 23.6. The first kappa shape index (κ1) is 30.1. The number of carbonyl (C=O) groups is 2. The molecule has 3 rings (SSSR count). The smallest absolute Gasteiger partial charge is 0.304 e. The maximum Gasteiger partial charge on any atom is 0.304 e. The van der Waals surface area contributed by atoms with Crippen molar-refractivity contribution in [1.29, 1.82) is 0 Å². The number of anilines is 1. The highest BCUT2D eigenvalue weighted by Gasteiger charge is 2.34. The van der Waals surface area contributed by atoms with Crippen LogP contribution in [-0.4, -0.2) is 62.7 Å². The number of nitrogens with one attached hydrogen (secondary N) is 1. The van der Waals surface area contributed by atoms with Crippen LogP contribution in [0.3, 0.4) is 0 Å². The second-order valence-electron chi connectivity index (χ2n) is 8.99. The van der Waals surface area contributed by atoms with Gasteiger partial charge in [0.05, 0.1) is 5.69 Å². The number of halogens is 2. The van der Waals surface area contributed by atoms with E-state index in [2.05, 4.69) is 5.32 Å². The topological polar surface area (TPSA) is 90.0 Å². The molecule has 11 heteroatoms. The zero-order valence-electron chi connectivity index (χ0n) is 22.1. The number of amides is 2. The van der Waals surface area contributed by atoms with Gasteiger partial charge in [0, 0.05) is 38.6 Å². The molecule has 0 saturated heterocycles. The summed E-state index contributed by atoms with van der Waals surface area (Å²) in [6.45, 7) is 1.46. The molecule has 0 heterocycles. The van der Waals surface area contributed by atoms with E-state index in [-0.39, 0.29) is 24.6 Å². The highest BCUT2D eigenvalue weighted by atomic mass is 35.5. The molecule has 0 aliphatic rings. The Bertz CT molecular complexity index is 1370. The molecule has 0 aliphatic carbocycles. The maximum absolute atomic E-state index is 14.0. The lowest BCUT2D eigenvalue weighted by Crippen LogP contribution is -2.54. The average molecular weight is 575 g/mol. The lowest BCUT2D eigenvalue weighted by molar-refractivity contribution is -0.140. The minimum absolute atomic E-state index is 0.0353. The van der Waals surface area contributed by atoms with Gasteiger partial charge in [-0.3, -0.25) is 9.59 Å². The molecule has 0 unspecified atom stereocenters. The summed E-state index contributed by atoms with van der Waals surface area (Å²) in [5.41, 5.74) is 1.52. The predicted molar refractivity (Wildman–Crippen MR) is 151 cm³/mol. The van der Waals surface area contributed by atoms with Gasteiger partial charge in [0.1, 0.15) is 18.4 Å². The summed E-state index contributed by atoms with van der Waals surface area (Å²) in [4.78, 5) is 28.7. The van der Waals surface area contributed by atoms with Crippen LogP contribution in [-0.2, 0) is 32.8 Å². The van der Waals surface area contributed by atoms with E-state index < -0.39 is 34.5 Å². The van der Waals surface area contributed by atoms with Crippen molar-refractivity contribution in [3.63, 3.8) is 0 Å². The van der Waals surface area contributed by atoms with E-state index in [9.17, 15) is 22.4 Å². The van der Waals surface area contributed by atoms with Gasteiger partial charge in [-0.05, 0) is 48.4 Å². The number of benzene rings is 3. The Morgan fingerprint density at radius 1 is 0.949 bits per heavy atom. The standard InChI is InChI=1S/C28H32ClFN4O4S/c1-4-31-28(36)26(18-21-10-6-5-7-11-21)33(19-22-12-8-9-13-25(22)29)27(35)20-34(39(37,38)32(2)3)24-16-14-23(30)15-17-24/h5-17,26H,4,18-20H2,1-3H3,(H,31,36)/t26-/m0/s1. The van der Waals surface area contributed by atoms with Crippen LogP contribution in [0.5, 0.6) is 0 Å². The van der Waals surface area contributed by atoms with E-state index in [0.717, 1.165) is 26.3 Å². The highest BCUT2D eigenvalue weighted by Crippen LogP contribution is 2.24. The second-order valence-corrected chi connectivity index (χ2v) is 11.5.